The van der Waals surface area contributed by atoms with Gasteiger partial charge in [0.15, 0.2) is 0 Å². The predicted molar refractivity (Wildman–Crippen MR) is 116 cm³/mol. The predicted octanol–water partition coefficient (Wildman–Crippen LogP) is 2.75. The molecule has 0 spiro atoms. The summed E-state index contributed by atoms with van der Waals surface area (Å²) in [6.07, 6.45) is 0. The molecule has 2 aliphatic rings. The van der Waals surface area contributed by atoms with Gasteiger partial charge in [0.05, 0.1) is 19.2 Å². The van der Waals surface area contributed by atoms with E-state index in [9.17, 15) is 14.0 Å². The van der Waals surface area contributed by atoms with Crippen LogP contribution in [0.5, 0.6) is 5.75 Å². The van der Waals surface area contributed by atoms with Gasteiger partial charge in [-0.1, -0.05) is 37.3 Å². The molecule has 7 heteroatoms. The average molecular weight is 423 g/mol. The molecule has 4 rings (SSSR count). The first-order valence-electron chi connectivity index (χ1n) is 10.5. The van der Waals surface area contributed by atoms with Crippen molar-refractivity contribution in [1.29, 1.82) is 0 Å². The standard InChI is InChI=1S/C24H26FN3O3/c1-3-26-12-14-27(15-13-26)22-21(19-6-4-5-7-20(19)31-2)23(29)28(24(22)30)16-17-8-10-18(25)11-9-17/h4-11H,3,12-16H2,1-2H3. The van der Waals surface area contributed by atoms with Crippen LogP contribution in [0.25, 0.3) is 5.57 Å². The number of amides is 2. The molecule has 0 aliphatic carbocycles. The highest BCUT2D eigenvalue weighted by molar-refractivity contribution is 6.35. The van der Waals surface area contributed by atoms with Gasteiger partial charge in [-0.05, 0) is 30.3 Å². The third kappa shape index (κ3) is 4.05. The summed E-state index contributed by atoms with van der Waals surface area (Å²) in [6.45, 7) is 6.17. The molecule has 0 unspecified atom stereocenters. The zero-order valence-corrected chi connectivity index (χ0v) is 17.8. The number of halogens is 1. The number of carbonyl (C=O) groups is 2. The van der Waals surface area contributed by atoms with Crippen LogP contribution in [0.2, 0.25) is 0 Å². The first-order chi connectivity index (χ1) is 15.0. The molecule has 0 bridgehead atoms. The second-order valence-corrected chi connectivity index (χ2v) is 7.67. The molecule has 6 nitrogen and oxygen atoms in total. The van der Waals surface area contributed by atoms with Crippen molar-refractivity contribution in [3.05, 3.63) is 71.2 Å². The lowest BCUT2D eigenvalue weighted by molar-refractivity contribution is -0.138. The minimum absolute atomic E-state index is 0.0923. The minimum Gasteiger partial charge on any atom is -0.496 e. The number of methoxy groups -OCH3 is 1. The van der Waals surface area contributed by atoms with E-state index in [0.29, 0.717) is 41.2 Å². The van der Waals surface area contributed by atoms with E-state index >= 15 is 0 Å². The molecular weight excluding hydrogens is 397 g/mol. The van der Waals surface area contributed by atoms with E-state index in [0.717, 1.165) is 19.6 Å². The molecule has 2 heterocycles. The third-order valence-corrected chi connectivity index (χ3v) is 5.91. The first kappa shape index (κ1) is 21.1. The van der Waals surface area contributed by atoms with E-state index < -0.39 is 0 Å². The molecule has 0 saturated carbocycles. The second-order valence-electron chi connectivity index (χ2n) is 7.67. The number of carbonyl (C=O) groups excluding carboxylic acids is 2. The Balaban J connectivity index is 1.73. The molecular formula is C24H26FN3O3. The maximum atomic E-state index is 13.5. The Morgan fingerprint density at radius 2 is 1.61 bits per heavy atom. The van der Waals surface area contributed by atoms with Crippen molar-refractivity contribution in [3.8, 4) is 5.75 Å². The molecule has 0 radical (unpaired) electrons. The Hall–Kier alpha value is -3.19. The summed E-state index contributed by atoms with van der Waals surface area (Å²) >= 11 is 0. The van der Waals surface area contributed by atoms with Crippen molar-refractivity contribution in [3.63, 3.8) is 0 Å². The molecule has 0 aromatic heterocycles. The largest absolute Gasteiger partial charge is 0.496 e. The topological polar surface area (TPSA) is 53.1 Å². The zero-order chi connectivity index (χ0) is 22.0. The maximum Gasteiger partial charge on any atom is 0.278 e. The number of imide groups is 1. The third-order valence-electron chi connectivity index (χ3n) is 5.91. The van der Waals surface area contributed by atoms with E-state index in [1.807, 2.05) is 23.1 Å². The van der Waals surface area contributed by atoms with Crippen LogP contribution in [0.1, 0.15) is 18.1 Å². The smallest absolute Gasteiger partial charge is 0.278 e. The molecule has 31 heavy (non-hydrogen) atoms. The van der Waals surface area contributed by atoms with Gasteiger partial charge >= 0.3 is 0 Å². The van der Waals surface area contributed by atoms with Crippen LogP contribution in [0.15, 0.2) is 54.2 Å². The van der Waals surface area contributed by atoms with Gasteiger partial charge in [-0.15, -0.1) is 0 Å². The van der Waals surface area contributed by atoms with Crippen LogP contribution in [0, 0.1) is 5.82 Å². The van der Waals surface area contributed by atoms with Gasteiger partial charge in [0.25, 0.3) is 11.8 Å². The fourth-order valence-corrected chi connectivity index (χ4v) is 4.15. The summed E-state index contributed by atoms with van der Waals surface area (Å²) in [5.74, 6) is -0.482. The van der Waals surface area contributed by atoms with Crippen molar-refractivity contribution < 1.29 is 18.7 Å². The van der Waals surface area contributed by atoms with Crippen molar-refractivity contribution >= 4 is 17.4 Å². The quantitative estimate of drug-likeness (QED) is 0.669. The monoisotopic (exact) mass is 423 g/mol. The van der Waals surface area contributed by atoms with Crippen LogP contribution < -0.4 is 4.74 Å². The van der Waals surface area contributed by atoms with Crippen molar-refractivity contribution in [1.82, 2.24) is 14.7 Å². The lowest BCUT2D eigenvalue weighted by Crippen LogP contribution is -2.47. The van der Waals surface area contributed by atoms with Crippen LogP contribution in [-0.4, -0.2) is 66.3 Å². The highest BCUT2D eigenvalue weighted by Gasteiger charge is 2.42. The van der Waals surface area contributed by atoms with E-state index in [1.54, 1.807) is 25.3 Å². The van der Waals surface area contributed by atoms with Gasteiger partial charge < -0.3 is 14.5 Å². The summed E-state index contributed by atoms with van der Waals surface area (Å²) in [4.78, 5) is 32.6. The Bertz CT molecular complexity index is 1010. The fourth-order valence-electron chi connectivity index (χ4n) is 4.15. The van der Waals surface area contributed by atoms with Crippen molar-refractivity contribution in [2.24, 2.45) is 0 Å². The van der Waals surface area contributed by atoms with Gasteiger partial charge in [0.1, 0.15) is 17.3 Å². The summed E-state index contributed by atoms with van der Waals surface area (Å²) in [5, 5.41) is 0. The molecule has 162 valence electrons. The minimum atomic E-state index is -0.356. The molecule has 2 aliphatic heterocycles. The highest BCUT2D eigenvalue weighted by atomic mass is 19.1. The summed E-state index contributed by atoms with van der Waals surface area (Å²) < 4.78 is 18.8. The number of hydrogen-bond donors (Lipinski definition) is 0. The highest BCUT2D eigenvalue weighted by Crippen LogP contribution is 2.37. The molecule has 1 fully saturated rings. The first-order valence-corrected chi connectivity index (χ1v) is 10.5. The normalized spacial score (nSPS) is 17.6. The van der Waals surface area contributed by atoms with Crippen molar-refractivity contribution in [2.75, 3.05) is 39.8 Å². The number of hydrogen-bond acceptors (Lipinski definition) is 5. The lowest BCUT2D eigenvalue weighted by atomic mass is 10.0. The lowest BCUT2D eigenvalue weighted by Gasteiger charge is -2.36. The molecule has 0 atom stereocenters. The SMILES string of the molecule is CCN1CCN(C2=C(c3ccccc3OC)C(=O)N(Cc3ccc(F)cc3)C2=O)CC1. The summed E-state index contributed by atoms with van der Waals surface area (Å²) in [6, 6.07) is 13.1. The number of rotatable bonds is 6. The van der Waals surface area contributed by atoms with Crippen LogP contribution in [0.4, 0.5) is 4.39 Å². The van der Waals surface area contributed by atoms with Crippen LogP contribution in [0.3, 0.4) is 0 Å². The fraction of sp³-hybridized carbons (Fsp3) is 0.333. The number of para-hydroxylation sites is 1. The molecule has 1 saturated heterocycles. The summed E-state index contributed by atoms with van der Waals surface area (Å²) in [7, 11) is 1.55. The van der Waals surface area contributed by atoms with Gasteiger partial charge in [-0.2, -0.15) is 0 Å². The van der Waals surface area contributed by atoms with Crippen molar-refractivity contribution in [2.45, 2.75) is 13.5 Å². The van der Waals surface area contributed by atoms with Gasteiger partial charge in [0, 0.05) is 31.7 Å². The maximum absolute atomic E-state index is 13.5. The van der Waals surface area contributed by atoms with Gasteiger partial charge in [0.2, 0.25) is 0 Å². The molecule has 2 amide bonds. The Morgan fingerprint density at radius 3 is 2.26 bits per heavy atom. The average Bonchev–Trinajstić information content (AvgIpc) is 3.05. The van der Waals surface area contributed by atoms with Gasteiger partial charge in [-0.3, -0.25) is 14.5 Å². The number of nitrogens with zero attached hydrogens (tertiary/aromatic N) is 3. The number of benzene rings is 2. The zero-order valence-electron chi connectivity index (χ0n) is 17.8. The molecule has 2 aromatic carbocycles. The second kappa shape index (κ2) is 8.89. The van der Waals surface area contributed by atoms with Gasteiger partial charge in [-0.25, -0.2) is 4.39 Å². The van der Waals surface area contributed by atoms with E-state index in [1.165, 1.54) is 17.0 Å². The Labute approximate surface area is 181 Å². The number of piperazine rings is 1. The van der Waals surface area contributed by atoms with Crippen LogP contribution in [-0.2, 0) is 16.1 Å². The molecule has 2 aromatic rings. The Kier molecular flexibility index (Phi) is 6.04. The molecule has 0 N–H and O–H groups in total. The summed E-state index contributed by atoms with van der Waals surface area (Å²) in [5.41, 5.74) is 2.10. The van der Waals surface area contributed by atoms with E-state index in [2.05, 4.69) is 11.8 Å². The Morgan fingerprint density at radius 1 is 0.935 bits per heavy atom. The van der Waals surface area contributed by atoms with E-state index in [4.69, 9.17) is 4.74 Å². The van der Waals surface area contributed by atoms with Crippen LogP contribution >= 0.6 is 0 Å². The number of ether oxygens (including phenoxy) is 1. The number of likely N-dealkylation sites (N-methyl/N-ethyl adjacent to an activating group) is 1. The van der Waals surface area contributed by atoms with E-state index in [-0.39, 0.29) is 24.2 Å².